The molecular weight excluding hydrogens is 290 g/mol. The molecule has 23 heavy (non-hydrogen) atoms. The molecule has 1 unspecified atom stereocenters. The normalized spacial score (nSPS) is 11.9. The van der Waals surface area contributed by atoms with Crippen LogP contribution in [0, 0.1) is 6.92 Å². The van der Waals surface area contributed by atoms with Crippen molar-refractivity contribution in [3.63, 3.8) is 0 Å². The minimum Gasteiger partial charge on any atom is -0.494 e. The van der Waals surface area contributed by atoms with Gasteiger partial charge < -0.3 is 19.9 Å². The van der Waals surface area contributed by atoms with Crippen LogP contribution in [0.15, 0.2) is 54.6 Å². The minimum atomic E-state index is -0.523. The molecule has 0 aromatic heterocycles. The molecule has 2 aromatic carbocycles. The summed E-state index contributed by atoms with van der Waals surface area (Å²) in [6.07, 6.45) is 0.366. The summed E-state index contributed by atoms with van der Waals surface area (Å²) >= 11 is 0. The van der Waals surface area contributed by atoms with Gasteiger partial charge in [0.2, 0.25) is 0 Å². The van der Waals surface area contributed by atoms with Crippen molar-refractivity contribution in [1.82, 2.24) is 5.32 Å². The molecule has 0 aliphatic rings. The van der Waals surface area contributed by atoms with E-state index in [0.29, 0.717) is 19.8 Å². The number of aliphatic hydroxyl groups is 1. The van der Waals surface area contributed by atoms with E-state index >= 15 is 0 Å². The van der Waals surface area contributed by atoms with Crippen LogP contribution in [0.5, 0.6) is 11.5 Å². The summed E-state index contributed by atoms with van der Waals surface area (Å²) in [5.41, 5.74) is 1.07. The Morgan fingerprint density at radius 1 is 1.00 bits per heavy atom. The Morgan fingerprint density at radius 3 is 2.52 bits per heavy atom. The van der Waals surface area contributed by atoms with E-state index in [4.69, 9.17) is 9.47 Å². The van der Waals surface area contributed by atoms with Crippen LogP contribution in [0.2, 0.25) is 0 Å². The smallest absolute Gasteiger partial charge is 0.122 e. The standard InChI is InChI=1S/C19H25NO3/c1-16-8-5-6-11-19(16)23-15-17(21)14-20-12-7-13-22-18-9-3-2-4-10-18/h2-6,8-11,17,20-21H,7,12-15H2,1H3. The number of ether oxygens (including phenoxy) is 2. The maximum atomic E-state index is 9.92. The largest absolute Gasteiger partial charge is 0.494 e. The van der Waals surface area contributed by atoms with Crippen molar-refractivity contribution in [1.29, 1.82) is 0 Å². The van der Waals surface area contributed by atoms with Gasteiger partial charge in [-0.25, -0.2) is 0 Å². The summed E-state index contributed by atoms with van der Waals surface area (Å²) in [6, 6.07) is 17.6. The first-order chi connectivity index (χ1) is 11.3. The quantitative estimate of drug-likeness (QED) is 0.662. The van der Waals surface area contributed by atoms with Crippen molar-refractivity contribution in [3.8, 4) is 11.5 Å². The molecule has 0 radical (unpaired) electrons. The molecule has 0 fully saturated rings. The number of para-hydroxylation sites is 2. The van der Waals surface area contributed by atoms with Crippen LogP contribution in [-0.2, 0) is 0 Å². The third-order valence-corrected chi connectivity index (χ3v) is 3.41. The van der Waals surface area contributed by atoms with Gasteiger partial charge in [-0.2, -0.15) is 0 Å². The molecule has 2 aromatic rings. The second-order valence-corrected chi connectivity index (χ2v) is 5.45. The highest BCUT2D eigenvalue weighted by atomic mass is 16.5. The average Bonchev–Trinajstić information content (AvgIpc) is 2.58. The maximum Gasteiger partial charge on any atom is 0.122 e. The summed E-state index contributed by atoms with van der Waals surface area (Å²) < 4.78 is 11.2. The lowest BCUT2D eigenvalue weighted by atomic mass is 10.2. The third-order valence-electron chi connectivity index (χ3n) is 3.41. The topological polar surface area (TPSA) is 50.7 Å². The highest BCUT2D eigenvalue weighted by molar-refractivity contribution is 5.31. The van der Waals surface area contributed by atoms with Crippen LogP contribution in [0.25, 0.3) is 0 Å². The molecule has 0 bridgehead atoms. The molecule has 2 rings (SSSR count). The lowest BCUT2D eigenvalue weighted by Crippen LogP contribution is -2.32. The van der Waals surface area contributed by atoms with Crippen molar-refractivity contribution >= 4 is 0 Å². The van der Waals surface area contributed by atoms with E-state index in [1.165, 1.54) is 0 Å². The van der Waals surface area contributed by atoms with E-state index in [1.54, 1.807) is 0 Å². The second-order valence-electron chi connectivity index (χ2n) is 5.45. The highest BCUT2D eigenvalue weighted by Crippen LogP contribution is 2.16. The minimum absolute atomic E-state index is 0.290. The Labute approximate surface area is 138 Å². The van der Waals surface area contributed by atoms with E-state index in [2.05, 4.69) is 5.32 Å². The molecule has 0 spiro atoms. The summed E-state index contributed by atoms with van der Waals surface area (Å²) in [5.74, 6) is 1.71. The van der Waals surface area contributed by atoms with Crippen LogP contribution in [0.1, 0.15) is 12.0 Å². The Balaban J connectivity index is 1.51. The van der Waals surface area contributed by atoms with Gasteiger partial charge in [0, 0.05) is 6.54 Å². The zero-order valence-corrected chi connectivity index (χ0v) is 13.6. The Hall–Kier alpha value is -2.04. The second kappa shape index (κ2) is 9.87. The molecule has 0 saturated carbocycles. The fraction of sp³-hybridized carbons (Fsp3) is 0.368. The van der Waals surface area contributed by atoms with Gasteiger partial charge in [0.1, 0.15) is 24.2 Å². The van der Waals surface area contributed by atoms with Crippen molar-refractivity contribution in [3.05, 3.63) is 60.2 Å². The SMILES string of the molecule is Cc1ccccc1OCC(O)CNCCCOc1ccccc1. The van der Waals surface area contributed by atoms with E-state index in [9.17, 15) is 5.11 Å². The molecule has 0 amide bonds. The molecule has 0 aliphatic heterocycles. The van der Waals surface area contributed by atoms with Crippen LogP contribution < -0.4 is 14.8 Å². The summed E-state index contributed by atoms with van der Waals surface area (Å²) in [5, 5.41) is 13.1. The first-order valence-corrected chi connectivity index (χ1v) is 8.01. The lowest BCUT2D eigenvalue weighted by Gasteiger charge is -2.14. The zero-order valence-electron chi connectivity index (χ0n) is 13.6. The van der Waals surface area contributed by atoms with Crippen molar-refractivity contribution in [2.75, 3.05) is 26.3 Å². The van der Waals surface area contributed by atoms with Gasteiger partial charge in [0.05, 0.1) is 6.61 Å². The van der Waals surface area contributed by atoms with Crippen molar-refractivity contribution in [2.45, 2.75) is 19.4 Å². The predicted octanol–water partition coefficient (Wildman–Crippen LogP) is 2.79. The molecule has 2 N–H and O–H groups in total. The first kappa shape index (κ1) is 17.3. The van der Waals surface area contributed by atoms with Crippen LogP contribution >= 0.6 is 0 Å². The molecular formula is C19H25NO3. The number of nitrogens with one attached hydrogen (secondary N) is 1. The Morgan fingerprint density at radius 2 is 1.74 bits per heavy atom. The number of rotatable bonds is 10. The average molecular weight is 315 g/mol. The third kappa shape index (κ3) is 6.72. The van der Waals surface area contributed by atoms with Gasteiger partial charge in [0.15, 0.2) is 0 Å². The Bertz CT molecular complexity index is 560. The molecule has 4 nitrogen and oxygen atoms in total. The fourth-order valence-electron chi connectivity index (χ4n) is 2.14. The number of benzene rings is 2. The lowest BCUT2D eigenvalue weighted by molar-refractivity contribution is 0.106. The molecule has 1 atom stereocenters. The summed E-state index contributed by atoms with van der Waals surface area (Å²) in [6.45, 7) is 4.25. The molecule has 0 aliphatic carbocycles. The number of hydrogen-bond acceptors (Lipinski definition) is 4. The van der Waals surface area contributed by atoms with Crippen LogP contribution in [-0.4, -0.2) is 37.5 Å². The van der Waals surface area contributed by atoms with Gasteiger partial charge >= 0.3 is 0 Å². The zero-order chi connectivity index (χ0) is 16.3. The summed E-state index contributed by atoms with van der Waals surface area (Å²) in [7, 11) is 0. The van der Waals surface area contributed by atoms with E-state index in [0.717, 1.165) is 30.0 Å². The first-order valence-electron chi connectivity index (χ1n) is 8.01. The van der Waals surface area contributed by atoms with E-state index in [-0.39, 0.29) is 0 Å². The van der Waals surface area contributed by atoms with Crippen LogP contribution in [0.4, 0.5) is 0 Å². The predicted molar refractivity (Wildman–Crippen MR) is 92.1 cm³/mol. The van der Waals surface area contributed by atoms with Gasteiger partial charge in [-0.3, -0.25) is 0 Å². The van der Waals surface area contributed by atoms with E-state index < -0.39 is 6.10 Å². The molecule has 0 saturated heterocycles. The fourth-order valence-corrected chi connectivity index (χ4v) is 2.14. The van der Waals surface area contributed by atoms with Gasteiger partial charge in [0.25, 0.3) is 0 Å². The number of hydrogen-bond donors (Lipinski definition) is 2. The highest BCUT2D eigenvalue weighted by Gasteiger charge is 2.06. The van der Waals surface area contributed by atoms with Crippen molar-refractivity contribution in [2.24, 2.45) is 0 Å². The summed E-state index contributed by atoms with van der Waals surface area (Å²) in [4.78, 5) is 0. The maximum absolute atomic E-state index is 9.92. The molecule has 4 heteroatoms. The molecule has 0 heterocycles. The van der Waals surface area contributed by atoms with Gasteiger partial charge in [-0.05, 0) is 43.7 Å². The number of aryl methyl sites for hydroxylation is 1. The van der Waals surface area contributed by atoms with Crippen LogP contribution in [0.3, 0.4) is 0 Å². The van der Waals surface area contributed by atoms with Gasteiger partial charge in [-0.1, -0.05) is 36.4 Å². The van der Waals surface area contributed by atoms with E-state index in [1.807, 2.05) is 61.5 Å². The van der Waals surface area contributed by atoms with Crippen molar-refractivity contribution < 1.29 is 14.6 Å². The number of aliphatic hydroxyl groups excluding tert-OH is 1. The molecule has 124 valence electrons. The van der Waals surface area contributed by atoms with Gasteiger partial charge in [-0.15, -0.1) is 0 Å². The monoisotopic (exact) mass is 315 g/mol. The Kier molecular flexibility index (Phi) is 7.43.